The van der Waals surface area contributed by atoms with Crippen molar-refractivity contribution in [2.24, 2.45) is 5.92 Å². The number of ether oxygens (including phenoxy) is 2. The van der Waals surface area contributed by atoms with Crippen molar-refractivity contribution in [1.82, 2.24) is 10.2 Å². The van der Waals surface area contributed by atoms with Gasteiger partial charge in [-0.1, -0.05) is 24.6 Å². The highest BCUT2D eigenvalue weighted by atomic mass is 16.5. The lowest BCUT2D eigenvalue weighted by Gasteiger charge is -2.43. The van der Waals surface area contributed by atoms with Crippen LogP contribution < -0.4 is 5.32 Å². The van der Waals surface area contributed by atoms with Gasteiger partial charge in [0.15, 0.2) is 0 Å². The van der Waals surface area contributed by atoms with Crippen LogP contribution in [0.3, 0.4) is 0 Å². The van der Waals surface area contributed by atoms with Crippen LogP contribution in [0.1, 0.15) is 61.4 Å². The van der Waals surface area contributed by atoms with Crippen LogP contribution in [0.5, 0.6) is 0 Å². The highest BCUT2D eigenvalue weighted by molar-refractivity contribution is 5.98. The molecule has 3 fully saturated rings. The molecule has 0 unspecified atom stereocenters. The quantitative estimate of drug-likeness (QED) is 0.844. The van der Waals surface area contributed by atoms with Gasteiger partial charge < -0.3 is 14.8 Å². The molecule has 6 heteroatoms. The third-order valence-electron chi connectivity index (χ3n) is 6.63. The van der Waals surface area contributed by atoms with Crippen molar-refractivity contribution >= 4 is 11.8 Å². The van der Waals surface area contributed by atoms with Gasteiger partial charge in [-0.25, -0.2) is 0 Å². The fourth-order valence-corrected chi connectivity index (χ4v) is 4.83. The molecular weight excluding hydrogens is 368 g/mol. The minimum Gasteiger partial charge on any atom is -0.376 e. The van der Waals surface area contributed by atoms with Gasteiger partial charge in [0.1, 0.15) is 11.8 Å². The Morgan fingerprint density at radius 3 is 2.72 bits per heavy atom. The molecule has 0 bridgehead atoms. The van der Waals surface area contributed by atoms with Crippen molar-refractivity contribution in [3.63, 3.8) is 0 Å². The Kier molecular flexibility index (Phi) is 5.93. The molecule has 1 aromatic carbocycles. The SMILES string of the molecule is Cc1cccc(C(=O)N2[C@H](C(=O)NC[C@@H]3CCCO3)COC23CCC(C)CC3)c1. The molecule has 4 rings (SSSR count). The van der Waals surface area contributed by atoms with E-state index < -0.39 is 11.8 Å². The number of benzene rings is 1. The summed E-state index contributed by atoms with van der Waals surface area (Å²) in [5, 5.41) is 3.01. The Morgan fingerprint density at radius 2 is 2.03 bits per heavy atom. The van der Waals surface area contributed by atoms with E-state index in [4.69, 9.17) is 9.47 Å². The van der Waals surface area contributed by atoms with Gasteiger partial charge in [0.25, 0.3) is 5.91 Å². The highest BCUT2D eigenvalue weighted by Crippen LogP contribution is 2.43. The summed E-state index contributed by atoms with van der Waals surface area (Å²) in [6.45, 7) is 5.71. The number of amides is 2. The smallest absolute Gasteiger partial charge is 0.256 e. The van der Waals surface area contributed by atoms with Crippen LogP contribution in [0.4, 0.5) is 0 Å². The second-order valence-electron chi connectivity index (χ2n) is 8.88. The van der Waals surface area contributed by atoms with E-state index in [9.17, 15) is 9.59 Å². The Balaban J connectivity index is 1.56. The van der Waals surface area contributed by atoms with E-state index in [-0.39, 0.29) is 24.5 Å². The highest BCUT2D eigenvalue weighted by Gasteiger charge is 2.53. The van der Waals surface area contributed by atoms with Gasteiger partial charge in [-0.15, -0.1) is 0 Å². The Labute approximate surface area is 172 Å². The fourth-order valence-electron chi connectivity index (χ4n) is 4.83. The van der Waals surface area contributed by atoms with Crippen LogP contribution in [0, 0.1) is 12.8 Å². The van der Waals surface area contributed by atoms with Crippen LogP contribution in [0.25, 0.3) is 0 Å². The summed E-state index contributed by atoms with van der Waals surface area (Å²) in [4.78, 5) is 28.4. The van der Waals surface area contributed by atoms with E-state index >= 15 is 0 Å². The maximum Gasteiger partial charge on any atom is 0.256 e. The third-order valence-corrected chi connectivity index (χ3v) is 6.63. The zero-order valence-electron chi connectivity index (χ0n) is 17.5. The number of nitrogens with zero attached hydrogens (tertiary/aromatic N) is 1. The number of carbonyl (C=O) groups excluding carboxylic acids is 2. The number of nitrogens with one attached hydrogen (secondary N) is 1. The molecule has 0 aromatic heterocycles. The summed E-state index contributed by atoms with van der Waals surface area (Å²) in [6.07, 6.45) is 5.64. The second-order valence-corrected chi connectivity index (χ2v) is 8.88. The van der Waals surface area contributed by atoms with Crippen LogP contribution in [0.15, 0.2) is 24.3 Å². The predicted octanol–water partition coefficient (Wildman–Crippen LogP) is 3.04. The molecule has 3 aliphatic rings. The fraction of sp³-hybridized carbons (Fsp3) is 0.652. The number of rotatable bonds is 4. The number of carbonyl (C=O) groups is 2. The van der Waals surface area contributed by atoms with Gasteiger partial charge in [-0.05, 0) is 63.5 Å². The summed E-state index contributed by atoms with van der Waals surface area (Å²) in [7, 11) is 0. The molecule has 2 atom stereocenters. The largest absolute Gasteiger partial charge is 0.376 e. The molecule has 6 nitrogen and oxygen atoms in total. The summed E-state index contributed by atoms with van der Waals surface area (Å²) < 4.78 is 11.9. The first kappa shape index (κ1) is 20.4. The van der Waals surface area contributed by atoms with Crippen LogP contribution in [-0.4, -0.2) is 54.3 Å². The molecule has 0 radical (unpaired) electrons. The zero-order chi connectivity index (χ0) is 20.4. The molecule has 2 heterocycles. The van der Waals surface area contributed by atoms with Crippen LogP contribution in [0.2, 0.25) is 0 Å². The number of hydrogen-bond acceptors (Lipinski definition) is 4. The molecule has 2 amide bonds. The van der Waals surface area contributed by atoms with Gasteiger partial charge >= 0.3 is 0 Å². The van der Waals surface area contributed by atoms with E-state index in [0.717, 1.165) is 50.7 Å². The average Bonchev–Trinajstić information content (AvgIpc) is 3.36. The predicted molar refractivity (Wildman–Crippen MR) is 109 cm³/mol. The molecule has 2 saturated heterocycles. The maximum absolute atomic E-state index is 13.6. The first-order valence-corrected chi connectivity index (χ1v) is 10.9. The molecule has 1 aliphatic carbocycles. The van der Waals surface area contributed by atoms with Crippen molar-refractivity contribution in [2.75, 3.05) is 19.8 Å². The summed E-state index contributed by atoms with van der Waals surface area (Å²) in [5.41, 5.74) is 0.978. The molecule has 1 N–H and O–H groups in total. The summed E-state index contributed by atoms with van der Waals surface area (Å²) >= 11 is 0. The van der Waals surface area contributed by atoms with Crippen molar-refractivity contribution in [2.45, 2.75) is 70.2 Å². The van der Waals surface area contributed by atoms with Gasteiger partial charge in [0.2, 0.25) is 5.91 Å². The minimum absolute atomic E-state index is 0.0756. The minimum atomic E-state index is -0.667. The molecule has 1 spiro atoms. The van der Waals surface area contributed by atoms with Gasteiger partial charge in [0.05, 0.1) is 12.7 Å². The molecule has 158 valence electrons. The standard InChI is InChI=1S/C23H32N2O4/c1-16-8-10-23(11-9-16)25(22(27)18-6-3-5-17(2)13-18)20(15-29-23)21(26)24-14-19-7-4-12-28-19/h3,5-6,13,16,19-20H,4,7-12,14-15H2,1-2H3,(H,24,26)/t16?,19-,20-,23?/m0/s1. The maximum atomic E-state index is 13.6. The molecular formula is C23H32N2O4. The normalized spacial score (nSPS) is 31.9. The van der Waals surface area contributed by atoms with Gasteiger partial charge in [-0.3, -0.25) is 14.5 Å². The van der Waals surface area contributed by atoms with Crippen LogP contribution >= 0.6 is 0 Å². The van der Waals surface area contributed by atoms with E-state index in [1.807, 2.05) is 31.2 Å². The Morgan fingerprint density at radius 1 is 1.24 bits per heavy atom. The molecule has 1 aromatic rings. The Hall–Kier alpha value is -1.92. The molecule has 1 saturated carbocycles. The monoisotopic (exact) mass is 400 g/mol. The zero-order valence-corrected chi connectivity index (χ0v) is 17.5. The molecule has 29 heavy (non-hydrogen) atoms. The van der Waals surface area contributed by atoms with E-state index in [1.165, 1.54) is 0 Å². The second kappa shape index (κ2) is 8.44. The van der Waals surface area contributed by atoms with Gasteiger partial charge in [0, 0.05) is 18.7 Å². The van der Waals surface area contributed by atoms with Gasteiger partial charge in [-0.2, -0.15) is 0 Å². The van der Waals surface area contributed by atoms with Crippen LogP contribution in [-0.2, 0) is 14.3 Å². The van der Waals surface area contributed by atoms with E-state index in [1.54, 1.807) is 4.90 Å². The van der Waals surface area contributed by atoms with Crippen molar-refractivity contribution in [3.8, 4) is 0 Å². The Bertz CT molecular complexity index is 751. The number of aryl methyl sites for hydroxylation is 1. The first-order chi connectivity index (χ1) is 14.0. The first-order valence-electron chi connectivity index (χ1n) is 10.9. The lowest BCUT2D eigenvalue weighted by Crippen LogP contribution is -2.57. The third kappa shape index (κ3) is 4.19. The summed E-state index contributed by atoms with van der Waals surface area (Å²) in [6, 6.07) is 6.98. The average molecular weight is 401 g/mol. The molecule has 2 aliphatic heterocycles. The lowest BCUT2D eigenvalue weighted by molar-refractivity contribution is -0.128. The van der Waals surface area contributed by atoms with Crippen molar-refractivity contribution < 1.29 is 19.1 Å². The summed E-state index contributed by atoms with van der Waals surface area (Å²) in [5.74, 6) is 0.363. The number of hydrogen-bond donors (Lipinski definition) is 1. The van der Waals surface area contributed by atoms with Crippen molar-refractivity contribution in [1.29, 1.82) is 0 Å². The lowest BCUT2D eigenvalue weighted by atomic mass is 9.83. The van der Waals surface area contributed by atoms with Crippen molar-refractivity contribution in [3.05, 3.63) is 35.4 Å². The van der Waals surface area contributed by atoms with E-state index in [0.29, 0.717) is 18.0 Å². The topological polar surface area (TPSA) is 67.9 Å². The van der Waals surface area contributed by atoms with E-state index in [2.05, 4.69) is 12.2 Å².